The van der Waals surface area contributed by atoms with Crippen molar-refractivity contribution in [3.05, 3.63) is 46.5 Å². The van der Waals surface area contributed by atoms with Crippen LogP contribution in [-0.4, -0.2) is 17.1 Å². The second-order valence-corrected chi connectivity index (χ2v) is 3.85. The molecule has 0 radical (unpaired) electrons. The number of para-hydroxylation sites is 1. The highest BCUT2D eigenvalue weighted by Gasteiger charge is 2.22. The molecule has 0 bridgehead atoms. The third kappa shape index (κ3) is 2.15. The molecule has 0 aliphatic rings. The second kappa shape index (κ2) is 4.85. The SMILES string of the molecule is COc1ccccc1-c1c([N+](=O)[O-])ccc(O)c1N. The van der Waals surface area contributed by atoms with Crippen molar-refractivity contribution < 1.29 is 14.8 Å². The number of ether oxygens (including phenoxy) is 1. The number of nitrogens with zero attached hydrogens (tertiary/aromatic N) is 1. The average Bonchev–Trinajstić information content (AvgIpc) is 2.41. The van der Waals surface area contributed by atoms with E-state index in [1.807, 2.05) is 0 Å². The van der Waals surface area contributed by atoms with Crippen molar-refractivity contribution in [1.82, 2.24) is 0 Å². The van der Waals surface area contributed by atoms with Crippen LogP contribution in [-0.2, 0) is 0 Å². The Bertz CT molecular complexity index is 641. The third-order valence-electron chi connectivity index (χ3n) is 2.77. The maximum atomic E-state index is 11.1. The minimum absolute atomic E-state index is 0.0429. The van der Waals surface area contributed by atoms with E-state index in [9.17, 15) is 15.2 Å². The molecule has 2 rings (SSSR count). The summed E-state index contributed by atoms with van der Waals surface area (Å²) in [5.41, 5.74) is 6.16. The molecular formula is C13H12N2O4. The molecule has 0 aliphatic heterocycles. The first kappa shape index (κ1) is 12.7. The Morgan fingerprint density at radius 1 is 1.26 bits per heavy atom. The molecule has 0 atom stereocenters. The maximum Gasteiger partial charge on any atom is 0.279 e. The summed E-state index contributed by atoms with van der Waals surface area (Å²) in [5.74, 6) is 0.245. The number of nitrogen functional groups attached to an aromatic ring is 1. The van der Waals surface area contributed by atoms with Crippen LogP contribution in [0.2, 0.25) is 0 Å². The number of aromatic hydroxyl groups is 1. The first-order valence-electron chi connectivity index (χ1n) is 5.45. The molecule has 98 valence electrons. The highest BCUT2D eigenvalue weighted by atomic mass is 16.6. The highest BCUT2D eigenvalue weighted by Crippen LogP contribution is 2.43. The van der Waals surface area contributed by atoms with Crippen molar-refractivity contribution in [2.75, 3.05) is 12.8 Å². The van der Waals surface area contributed by atoms with Gasteiger partial charge in [-0.05, 0) is 12.1 Å². The number of hydrogen-bond acceptors (Lipinski definition) is 5. The molecule has 0 aliphatic carbocycles. The van der Waals surface area contributed by atoms with Crippen molar-refractivity contribution in [1.29, 1.82) is 0 Å². The van der Waals surface area contributed by atoms with Gasteiger partial charge in [0.2, 0.25) is 0 Å². The summed E-state index contributed by atoms with van der Waals surface area (Å²) in [7, 11) is 1.46. The Morgan fingerprint density at radius 3 is 2.58 bits per heavy atom. The molecule has 0 unspecified atom stereocenters. The van der Waals surface area contributed by atoms with Crippen molar-refractivity contribution in [2.45, 2.75) is 0 Å². The zero-order chi connectivity index (χ0) is 14.0. The summed E-state index contributed by atoms with van der Waals surface area (Å²) >= 11 is 0. The van der Waals surface area contributed by atoms with E-state index >= 15 is 0 Å². The Hall–Kier alpha value is -2.76. The monoisotopic (exact) mass is 260 g/mol. The van der Waals surface area contributed by atoms with Gasteiger partial charge in [0.1, 0.15) is 11.5 Å². The van der Waals surface area contributed by atoms with Crippen LogP contribution in [0.3, 0.4) is 0 Å². The van der Waals surface area contributed by atoms with Gasteiger partial charge in [0.25, 0.3) is 5.69 Å². The number of phenols is 1. The van der Waals surface area contributed by atoms with Gasteiger partial charge in [-0.1, -0.05) is 18.2 Å². The molecule has 0 aromatic heterocycles. The largest absolute Gasteiger partial charge is 0.506 e. The van der Waals surface area contributed by atoms with Crippen LogP contribution in [0.5, 0.6) is 11.5 Å². The lowest BCUT2D eigenvalue weighted by Gasteiger charge is -2.11. The van der Waals surface area contributed by atoms with Crippen molar-refractivity contribution >= 4 is 11.4 Å². The number of anilines is 1. The van der Waals surface area contributed by atoms with Crippen molar-refractivity contribution in [2.24, 2.45) is 0 Å². The summed E-state index contributed by atoms with van der Waals surface area (Å²) in [4.78, 5) is 10.5. The molecule has 2 aromatic rings. The molecule has 0 heterocycles. The first-order chi connectivity index (χ1) is 9.06. The molecule has 0 saturated carbocycles. The van der Waals surface area contributed by atoms with E-state index in [-0.39, 0.29) is 22.7 Å². The molecule has 2 aromatic carbocycles. The van der Waals surface area contributed by atoms with Gasteiger partial charge in [0, 0.05) is 11.6 Å². The van der Waals surface area contributed by atoms with E-state index in [2.05, 4.69) is 0 Å². The maximum absolute atomic E-state index is 11.1. The van der Waals surface area contributed by atoms with Crippen LogP contribution in [0.1, 0.15) is 0 Å². The lowest BCUT2D eigenvalue weighted by atomic mass is 10.00. The van der Waals surface area contributed by atoms with Gasteiger partial charge in [-0.2, -0.15) is 0 Å². The van der Waals surface area contributed by atoms with E-state index < -0.39 is 4.92 Å². The first-order valence-corrected chi connectivity index (χ1v) is 5.45. The van der Waals surface area contributed by atoms with Gasteiger partial charge in [-0.25, -0.2) is 0 Å². The lowest BCUT2D eigenvalue weighted by Crippen LogP contribution is -1.99. The van der Waals surface area contributed by atoms with Gasteiger partial charge in [0.15, 0.2) is 0 Å². The number of nitrogens with two attached hydrogens (primary N) is 1. The van der Waals surface area contributed by atoms with Crippen molar-refractivity contribution in [3.8, 4) is 22.6 Å². The molecule has 0 amide bonds. The Morgan fingerprint density at radius 2 is 1.95 bits per heavy atom. The fraction of sp³-hybridized carbons (Fsp3) is 0.0769. The standard InChI is InChI=1S/C13H12N2O4/c1-19-11-5-3-2-4-8(11)12-9(15(17)18)6-7-10(16)13(12)14/h2-7,16H,14H2,1H3. The molecule has 3 N–H and O–H groups in total. The smallest absolute Gasteiger partial charge is 0.279 e. The van der Waals surface area contributed by atoms with E-state index in [1.54, 1.807) is 24.3 Å². The molecule has 0 saturated heterocycles. The molecule has 19 heavy (non-hydrogen) atoms. The van der Waals surface area contributed by atoms with Gasteiger partial charge in [-0.3, -0.25) is 10.1 Å². The number of hydrogen-bond donors (Lipinski definition) is 2. The lowest BCUT2D eigenvalue weighted by molar-refractivity contribution is -0.384. The Balaban J connectivity index is 2.80. The van der Waals surface area contributed by atoms with Crippen LogP contribution in [0, 0.1) is 10.1 Å². The second-order valence-electron chi connectivity index (χ2n) is 3.85. The minimum Gasteiger partial charge on any atom is -0.506 e. The average molecular weight is 260 g/mol. The predicted molar refractivity (Wildman–Crippen MR) is 71.2 cm³/mol. The zero-order valence-electron chi connectivity index (χ0n) is 10.2. The fourth-order valence-electron chi connectivity index (χ4n) is 1.88. The van der Waals surface area contributed by atoms with E-state index in [0.29, 0.717) is 11.3 Å². The van der Waals surface area contributed by atoms with Gasteiger partial charge >= 0.3 is 0 Å². The molecule has 6 heteroatoms. The molecule has 0 spiro atoms. The van der Waals surface area contributed by atoms with Crippen LogP contribution in [0.4, 0.5) is 11.4 Å². The van der Waals surface area contributed by atoms with E-state index in [4.69, 9.17) is 10.5 Å². The van der Waals surface area contributed by atoms with E-state index in [1.165, 1.54) is 19.2 Å². The van der Waals surface area contributed by atoms with Crippen molar-refractivity contribution in [3.63, 3.8) is 0 Å². The number of rotatable bonds is 3. The normalized spacial score (nSPS) is 10.2. The fourth-order valence-corrected chi connectivity index (χ4v) is 1.88. The van der Waals surface area contributed by atoms with Crippen LogP contribution < -0.4 is 10.5 Å². The van der Waals surface area contributed by atoms with Crippen LogP contribution in [0.25, 0.3) is 11.1 Å². The summed E-state index contributed by atoms with van der Waals surface area (Å²) in [6.07, 6.45) is 0. The highest BCUT2D eigenvalue weighted by molar-refractivity contribution is 5.90. The summed E-state index contributed by atoms with van der Waals surface area (Å²) in [6, 6.07) is 9.19. The topological polar surface area (TPSA) is 98.6 Å². The zero-order valence-corrected chi connectivity index (χ0v) is 10.2. The summed E-state index contributed by atoms with van der Waals surface area (Å²) < 4.78 is 5.17. The number of phenolic OH excluding ortho intramolecular Hbond substituents is 1. The molecule has 6 nitrogen and oxygen atoms in total. The van der Waals surface area contributed by atoms with Crippen LogP contribution >= 0.6 is 0 Å². The summed E-state index contributed by atoms with van der Waals surface area (Å²) in [5, 5.41) is 20.7. The minimum atomic E-state index is -0.544. The Kier molecular flexibility index (Phi) is 3.24. The number of nitro benzene ring substituents is 1. The third-order valence-corrected chi connectivity index (χ3v) is 2.77. The number of nitro groups is 1. The quantitative estimate of drug-likeness (QED) is 0.382. The molecule has 0 fully saturated rings. The van der Waals surface area contributed by atoms with Crippen LogP contribution in [0.15, 0.2) is 36.4 Å². The number of benzene rings is 2. The Labute approximate surface area is 109 Å². The predicted octanol–water partition coefficient (Wildman–Crippen LogP) is 2.56. The summed E-state index contributed by atoms with van der Waals surface area (Å²) in [6.45, 7) is 0. The van der Waals surface area contributed by atoms with E-state index in [0.717, 1.165) is 0 Å². The van der Waals surface area contributed by atoms with Gasteiger partial charge < -0.3 is 15.6 Å². The van der Waals surface area contributed by atoms with Gasteiger partial charge in [-0.15, -0.1) is 0 Å². The van der Waals surface area contributed by atoms with Gasteiger partial charge in [0.05, 0.1) is 23.3 Å². The molecular weight excluding hydrogens is 248 g/mol. The number of methoxy groups -OCH3 is 1.